The van der Waals surface area contributed by atoms with Gasteiger partial charge in [0, 0.05) is 48.6 Å². The number of hydrogen-bond donors (Lipinski definition) is 2. The lowest BCUT2D eigenvalue weighted by Gasteiger charge is -2.24. The van der Waals surface area contributed by atoms with Crippen LogP contribution < -0.4 is 4.90 Å². The van der Waals surface area contributed by atoms with Crippen LogP contribution in [0.1, 0.15) is 21.6 Å². The Morgan fingerprint density at radius 3 is 2.50 bits per heavy atom. The number of hydrogen-bond acceptors (Lipinski definition) is 3. The summed E-state index contributed by atoms with van der Waals surface area (Å²) in [5.41, 5.74) is 7.38. The van der Waals surface area contributed by atoms with Crippen LogP contribution in [0.3, 0.4) is 0 Å². The lowest BCUT2D eigenvalue weighted by Crippen LogP contribution is -2.35. The summed E-state index contributed by atoms with van der Waals surface area (Å²) in [7, 11) is 0. The van der Waals surface area contributed by atoms with Crippen LogP contribution in [0.2, 0.25) is 0 Å². The number of H-pyrrole nitrogens is 2. The van der Waals surface area contributed by atoms with Crippen LogP contribution in [-0.4, -0.2) is 38.8 Å². The molecule has 2 aromatic heterocycles. The number of rotatable bonds is 4. The standard InChI is InChI=1S/C28H25N5O.2ClH/c34-28(25-16-30-26-9-5-4-8-24(25)26)33-13-12-32(18-23-15-29-19-31-23)27-11-10-21(14-22(27)17-33)20-6-2-1-3-7-20;;/h1-11,14-16,19,30H,12-13,17-18H2,(H,29,31);2*1H. The van der Waals surface area contributed by atoms with Gasteiger partial charge in [0.2, 0.25) is 0 Å². The smallest absolute Gasteiger partial charge is 0.256 e. The van der Waals surface area contributed by atoms with Crippen molar-refractivity contribution in [1.29, 1.82) is 0 Å². The number of carbonyl (C=O) groups is 1. The third-order valence-electron chi connectivity index (χ3n) is 6.55. The van der Waals surface area contributed by atoms with Crippen molar-refractivity contribution in [3.05, 3.63) is 108 Å². The molecule has 1 aliphatic heterocycles. The van der Waals surface area contributed by atoms with Gasteiger partial charge in [-0.1, -0.05) is 54.6 Å². The molecule has 36 heavy (non-hydrogen) atoms. The minimum Gasteiger partial charge on any atom is -0.364 e. The number of aromatic amines is 2. The van der Waals surface area contributed by atoms with Crippen LogP contribution in [0.25, 0.3) is 22.0 Å². The van der Waals surface area contributed by atoms with Crippen molar-refractivity contribution in [3.8, 4) is 11.1 Å². The molecule has 0 atom stereocenters. The van der Waals surface area contributed by atoms with E-state index in [1.54, 1.807) is 6.33 Å². The van der Waals surface area contributed by atoms with E-state index in [-0.39, 0.29) is 30.7 Å². The van der Waals surface area contributed by atoms with Gasteiger partial charge in [-0.15, -0.1) is 24.8 Å². The second-order valence-corrected chi connectivity index (χ2v) is 8.68. The van der Waals surface area contributed by atoms with Crippen molar-refractivity contribution >= 4 is 47.3 Å². The van der Waals surface area contributed by atoms with Gasteiger partial charge in [0.25, 0.3) is 5.91 Å². The molecule has 3 heterocycles. The Bertz CT molecular complexity index is 1450. The van der Waals surface area contributed by atoms with E-state index < -0.39 is 0 Å². The van der Waals surface area contributed by atoms with Crippen molar-refractivity contribution in [2.24, 2.45) is 0 Å². The van der Waals surface area contributed by atoms with Crippen LogP contribution >= 0.6 is 24.8 Å². The maximum absolute atomic E-state index is 13.7. The largest absolute Gasteiger partial charge is 0.364 e. The van der Waals surface area contributed by atoms with Crippen LogP contribution in [0, 0.1) is 0 Å². The zero-order valence-electron chi connectivity index (χ0n) is 19.6. The van der Waals surface area contributed by atoms with Crippen LogP contribution in [0.5, 0.6) is 0 Å². The molecule has 184 valence electrons. The second kappa shape index (κ2) is 10.9. The molecule has 0 bridgehead atoms. The number of amides is 1. The van der Waals surface area contributed by atoms with E-state index in [1.165, 1.54) is 5.56 Å². The van der Waals surface area contributed by atoms with E-state index in [0.29, 0.717) is 19.6 Å². The SMILES string of the molecule is Cl.Cl.O=C(c1c[nH]c2ccccc12)N1CCN(Cc2cnc[nH]2)c2ccc(-c3ccccc3)cc2C1. The summed E-state index contributed by atoms with van der Waals surface area (Å²) >= 11 is 0. The number of para-hydroxylation sites is 1. The first-order valence-electron chi connectivity index (χ1n) is 11.5. The highest BCUT2D eigenvalue weighted by Gasteiger charge is 2.26. The highest BCUT2D eigenvalue weighted by atomic mass is 35.5. The van der Waals surface area contributed by atoms with Gasteiger partial charge in [-0.2, -0.15) is 0 Å². The zero-order chi connectivity index (χ0) is 22.9. The van der Waals surface area contributed by atoms with Crippen molar-refractivity contribution < 1.29 is 4.79 Å². The van der Waals surface area contributed by atoms with E-state index in [1.807, 2.05) is 47.6 Å². The second-order valence-electron chi connectivity index (χ2n) is 8.68. The molecule has 5 aromatic rings. The number of anilines is 1. The molecule has 0 spiro atoms. The number of aromatic nitrogens is 3. The molecule has 0 unspecified atom stereocenters. The highest BCUT2D eigenvalue weighted by Crippen LogP contribution is 2.32. The van der Waals surface area contributed by atoms with Gasteiger partial charge in [-0.25, -0.2) is 4.98 Å². The van der Waals surface area contributed by atoms with E-state index in [4.69, 9.17) is 0 Å². The van der Waals surface area contributed by atoms with Crippen LogP contribution in [0.4, 0.5) is 5.69 Å². The van der Waals surface area contributed by atoms with E-state index in [2.05, 4.69) is 62.3 Å². The number of imidazole rings is 1. The Balaban J connectivity index is 0.00000152. The van der Waals surface area contributed by atoms with E-state index >= 15 is 0 Å². The summed E-state index contributed by atoms with van der Waals surface area (Å²) in [6, 6.07) is 24.9. The lowest BCUT2D eigenvalue weighted by atomic mass is 10.0. The molecule has 6 nitrogen and oxygen atoms in total. The first-order chi connectivity index (χ1) is 16.8. The average molecular weight is 520 g/mol. The fourth-order valence-corrected chi connectivity index (χ4v) is 4.81. The summed E-state index contributed by atoms with van der Waals surface area (Å²) in [5.74, 6) is 0.0527. The molecule has 0 aliphatic carbocycles. The molecule has 8 heteroatoms. The summed E-state index contributed by atoms with van der Waals surface area (Å²) in [5, 5.41) is 0.962. The van der Waals surface area contributed by atoms with Crippen molar-refractivity contribution in [3.63, 3.8) is 0 Å². The van der Waals surface area contributed by atoms with E-state index in [0.717, 1.165) is 45.5 Å². The van der Waals surface area contributed by atoms with Crippen molar-refractivity contribution in [2.75, 3.05) is 18.0 Å². The summed E-state index contributed by atoms with van der Waals surface area (Å²) < 4.78 is 0. The third kappa shape index (κ3) is 4.83. The number of halogens is 2. The number of carbonyl (C=O) groups excluding carboxylic acids is 1. The number of fused-ring (bicyclic) bond motifs is 2. The first kappa shape index (κ1) is 25.4. The molecule has 0 fully saturated rings. The van der Waals surface area contributed by atoms with Crippen molar-refractivity contribution in [1.82, 2.24) is 19.9 Å². The third-order valence-corrected chi connectivity index (χ3v) is 6.55. The zero-order valence-corrected chi connectivity index (χ0v) is 21.2. The van der Waals surface area contributed by atoms with E-state index in [9.17, 15) is 4.79 Å². The fraction of sp³-hybridized carbons (Fsp3) is 0.143. The minimum absolute atomic E-state index is 0. The highest BCUT2D eigenvalue weighted by molar-refractivity contribution is 6.06. The fourth-order valence-electron chi connectivity index (χ4n) is 4.81. The Kier molecular flexibility index (Phi) is 7.67. The maximum atomic E-state index is 13.7. The molecule has 0 saturated carbocycles. The molecule has 0 radical (unpaired) electrons. The summed E-state index contributed by atoms with van der Waals surface area (Å²) in [6.07, 6.45) is 5.40. The van der Waals surface area contributed by atoms with Gasteiger partial charge in [-0.3, -0.25) is 4.79 Å². The van der Waals surface area contributed by atoms with Crippen LogP contribution in [-0.2, 0) is 13.1 Å². The molecular weight excluding hydrogens is 493 g/mol. The normalized spacial score (nSPS) is 12.9. The van der Waals surface area contributed by atoms with Crippen molar-refractivity contribution in [2.45, 2.75) is 13.1 Å². The van der Waals surface area contributed by atoms with Gasteiger partial charge in [0.1, 0.15) is 0 Å². The molecule has 3 aromatic carbocycles. The molecule has 2 N–H and O–H groups in total. The maximum Gasteiger partial charge on any atom is 0.256 e. The Hall–Kier alpha value is -3.74. The van der Waals surface area contributed by atoms with Crippen LogP contribution in [0.15, 0.2) is 91.5 Å². The quantitative estimate of drug-likeness (QED) is 0.303. The average Bonchev–Trinajstić information content (AvgIpc) is 3.52. The molecule has 1 aliphatic rings. The van der Waals surface area contributed by atoms with Gasteiger partial charge in [0.05, 0.1) is 24.1 Å². The number of nitrogens with zero attached hydrogens (tertiary/aromatic N) is 3. The van der Waals surface area contributed by atoms with Gasteiger partial charge in [-0.05, 0) is 34.9 Å². The topological polar surface area (TPSA) is 68.0 Å². The van der Waals surface area contributed by atoms with Gasteiger partial charge >= 0.3 is 0 Å². The monoisotopic (exact) mass is 519 g/mol. The molecule has 0 saturated heterocycles. The molecule has 6 rings (SSSR count). The Morgan fingerprint density at radius 2 is 1.69 bits per heavy atom. The van der Waals surface area contributed by atoms with Gasteiger partial charge in [0.15, 0.2) is 0 Å². The summed E-state index contributed by atoms with van der Waals surface area (Å²) in [4.78, 5) is 28.6. The Labute approximate surface area is 222 Å². The molecule has 1 amide bonds. The predicted molar refractivity (Wildman–Crippen MR) is 149 cm³/mol. The number of benzene rings is 3. The molecular formula is C28H27Cl2N5O. The lowest BCUT2D eigenvalue weighted by molar-refractivity contribution is 0.0753. The number of nitrogens with one attached hydrogen (secondary N) is 2. The minimum atomic E-state index is 0. The Morgan fingerprint density at radius 1 is 0.889 bits per heavy atom. The van der Waals surface area contributed by atoms with Gasteiger partial charge < -0.3 is 19.8 Å². The predicted octanol–water partition coefficient (Wildman–Crippen LogP) is 6.06. The summed E-state index contributed by atoms with van der Waals surface area (Å²) in [6.45, 7) is 2.66. The first-order valence-corrected chi connectivity index (χ1v) is 11.5.